The fourth-order valence-electron chi connectivity index (χ4n) is 1.95. The van der Waals surface area contributed by atoms with Crippen LogP contribution in [0, 0.1) is 5.92 Å². The molecule has 1 aromatic rings. The van der Waals surface area contributed by atoms with Crippen LogP contribution in [0.5, 0.6) is 0 Å². The normalized spacial score (nSPS) is 23.2. The molecule has 0 bridgehead atoms. The molecule has 18 heavy (non-hydrogen) atoms. The summed E-state index contributed by atoms with van der Waals surface area (Å²) >= 11 is 0. The highest BCUT2D eigenvalue weighted by Crippen LogP contribution is 2.33. The van der Waals surface area contributed by atoms with Crippen molar-refractivity contribution >= 4 is 10.0 Å². The minimum Gasteiger partial charge on any atom is -0.211 e. The average molecular weight is 279 g/mol. The molecule has 0 amide bonds. The number of nitrogens with one attached hydrogen (secondary N) is 1. The van der Waals surface area contributed by atoms with Crippen LogP contribution < -0.4 is 4.72 Å². The summed E-state index contributed by atoms with van der Waals surface area (Å²) in [4.78, 5) is -0.0557. The van der Waals surface area contributed by atoms with Crippen LogP contribution in [-0.4, -0.2) is 15.0 Å². The smallest absolute Gasteiger partial charge is 0.211 e. The van der Waals surface area contributed by atoms with E-state index in [9.17, 15) is 21.6 Å². The van der Waals surface area contributed by atoms with Crippen molar-refractivity contribution in [2.45, 2.75) is 24.4 Å². The predicted molar refractivity (Wildman–Crippen MR) is 59.5 cm³/mol. The van der Waals surface area contributed by atoms with E-state index in [4.69, 9.17) is 0 Å². The fourth-order valence-corrected chi connectivity index (χ4v) is 3.35. The van der Waals surface area contributed by atoms with E-state index in [-0.39, 0.29) is 22.9 Å². The van der Waals surface area contributed by atoms with Crippen LogP contribution in [0.1, 0.15) is 18.1 Å². The molecule has 0 saturated heterocycles. The van der Waals surface area contributed by atoms with Crippen molar-refractivity contribution in [2.24, 2.45) is 5.92 Å². The Morgan fingerprint density at radius 3 is 2.61 bits per heavy atom. The maximum absolute atomic E-state index is 12.6. The Morgan fingerprint density at radius 1 is 1.33 bits per heavy atom. The molecule has 0 saturated carbocycles. The Balaban J connectivity index is 2.58. The molecule has 2 rings (SSSR count). The summed E-state index contributed by atoms with van der Waals surface area (Å²) in [6, 6.07) is 2.75. The van der Waals surface area contributed by atoms with Crippen LogP contribution in [0.4, 0.5) is 13.2 Å². The maximum Gasteiger partial charge on any atom is 0.416 e. The van der Waals surface area contributed by atoms with Crippen LogP contribution in [-0.2, 0) is 22.6 Å². The van der Waals surface area contributed by atoms with E-state index < -0.39 is 21.8 Å². The largest absolute Gasteiger partial charge is 0.416 e. The lowest BCUT2D eigenvalue weighted by atomic mass is 9.99. The molecular formula is C11H12F3NO2S. The molecule has 0 aliphatic carbocycles. The van der Waals surface area contributed by atoms with Gasteiger partial charge in [0.15, 0.2) is 0 Å². The highest BCUT2D eigenvalue weighted by atomic mass is 32.2. The van der Waals surface area contributed by atoms with Crippen LogP contribution in [0.15, 0.2) is 23.1 Å². The molecule has 0 radical (unpaired) electrons. The number of alkyl halides is 3. The highest BCUT2D eigenvalue weighted by molar-refractivity contribution is 7.89. The molecule has 7 heteroatoms. The third-order valence-corrected chi connectivity index (χ3v) is 4.39. The summed E-state index contributed by atoms with van der Waals surface area (Å²) in [6.07, 6.45) is -4.15. The van der Waals surface area contributed by atoms with Crippen molar-refractivity contribution < 1.29 is 21.6 Å². The van der Waals surface area contributed by atoms with Crippen LogP contribution >= 0.6 is 0 Å². The first-order valence-electron chi connectivity index (χ1n) is 5.40. The molecule has 0 aromatic heterocycles. The first-order chi connectivity index (χ1) is 8.20. The fraction of sp³-hybridized carbons (Fsp3) is 0.455. The molecule has 1 unspecified atom stereocenters. The van der Waals surface area contributed by atoms with Gasteiger partial charge in [-0.2, -0.15) is 13.2 Å². The molecule has 100 valence electrons. The first-order valence-corrected chi connectivity index (χ1v) is 6.88. The number of fused-ring (bicyclic) bond motifs is 1. The lowest BCUT2D eigenvalue weighted by molar-refractivity contribution is -0.137. The van der Waals surface area contributed by atoms with Crippen molar-refractivity contribution in [1.29, 1.82) is 0 Å². The van der Waals surface area contributed by atoms with Gasteiger partial charge in [-0.15, -0.1) is 0 Å². The monoisotopic (exact) mass is 279 g/mol. The van der Waals surface area contributed by atoms with Gasteiger partial charge in [0.1, 0.15) is 0 Å². The van der Waals surface area contributed by atoms with Gasteiger partial charge in [0.05, 0.1) is 10.5 Å². The van der Waals surface area contributed by atoms with Crippen LogP contribution in [0.25, 0.3) is 0 Å². The number of hydrogen-bond donors (Lipinski definition) is 1. The van der Waals surface area contributed by atoms with Gasteiger partial charge in [0, 0.05) is 6.54 Å². The van der Waals surface area contributed by atoms with Gasteiger partial charge in [-0.25, -0.2) is 13.1 Å². The van der Waals surface area contributed by atoms with Crippen LogP contribution in [0.2, 0.25) is 0 Å². The summed E-state index contributed by atoms with van der Waals surface area (Å²) in [5, 5.41) is 0. The van der Waals surface area contributed by atoms with Crippen molar-refractivity contribution in [3.05, 3.63) is 29.3 Å². The SMILES string of the molecule is CC1CNS(=O)(=O)c2ccc(C(F)(F)F)cc2C1. The molecule has 3 nitrogen and oxygen atoms in total. The quantitative estimate of drug-likeness (QED) is 0.791. The molecule has 1 N–H and O–H groups in total. The lowest BCUT2D eigenvalue weighted by Crippen LogP contribution is -2.26. The Hall–Kier alpha value is -1.08. The minimum atomic E-state index is -4.46. The van der Waals surface area contributed by atoms with Gasteiger partial charge < -0.3 is 0 Å². The number of hydrogen-bond acceptors (Lipinski definition) is 2. The van der Waals surface area contributed by atoms with Gasteiger partial charge in [0.2, 0.25) is 10.0 Å². The molecule has 0 spiro atoms. The molecule has 1 aliphatic rings. The molecule has 1 aromatic carbocycles. The standard InChI is InChI=1S/C11H12F3NO2S/c1-7-4-8-5-9(11(12,13)14)2-3-10(8)18(16,17)15-6-7/h2-3,5,7,15H,4,6H2,1H3. The summed E-state index contributed by atoms with van der Waals surface area (Å²) in [5.41, 5.74) is -0.590. The van der Waals surface area contributed by atoms with Crippen molar-refractivity contribution in [3.63, 3.8) is 0 Å². The molecule has 1 aliphatic heterocycles. The van der Waals surface area contributed by atoms with Crippen molar-refractivity contribution in [2.75, 3.05) is 6.54 Å². The zero-order valence-electron chi connectivity index (χ0n) is 9.58. The predicted octanol–water partition coefficient (Wildman–Crippen LogP) is 2.18. The maximum atomic E-state index is 12.6. The van der Waals surface area contributed by atoms with E-state index in [2.05, 4.69) is 4.72 Å². The van der Waals surface area contributed by atoms with Gasteiger partial charge in [-0.3, -0.25) is 0 Å². The van der Waals surface area contributed by atoms with Gasteiger partial charge in [-0.1, -0.05) is 6.92 Å². The third kappa shape index (κ3) is 2.51. The highest BCUT2D eigenvalue weighted by Gasteiger charge is 2.33. The Bertz CT molecular complexity index is 566. The zero-order chi connectivity index (χ0) is 13.6. The lowest BCUT2D eigenvalue weighted by Gasteiger charge is -2.11. The summed E-state index contributed by atoms with van der Waals surface area (Å²) < 4.78 is 63.7. The van der Waals surface area contributed by atoms with Gasteiger partial charge >= 0.3 is 6.18 Å². The Labute approximate surface area is 103 Å². The minimum absolute atomic E-state index is 0.0375. The third-order valence-electron chi connectivity index (χ3n) is 2.87. The van der Waals surface area contributed by atoms with Crippen molar-refractivity contribution in [1.82, 2.24) is 4.72 Å². The summed E-state index contributed by atoms with van der Waals surface area (Å²) in [7, 11) is -3.69. The second kappa shape index (κ2) is 4.24. The Kier molecular flexibility index (Phi) is 3.14. The van der Waals surface area contributed by atoms with E-state index in [1.807, 2.05) is 0 Å². The number of benzene rings is 1. The number of sulfonamides is 1. The number of rotatable bonds is 0. The number of halogens is 3. The van der Waals surface area contributed by atoms with E-state index in [1.54, 1.807) is 6.92 Å². The van der Waals surface area contributed by atoms with E-state index in [0.29, 0.717) is 6.42 Å². The van der Waals surface area contributed by atoms with E-state index >= 15 is 0 Å². The summed E-state index contributed by atoms with van der Waals surface area (Å²) in [6.45, 7) is 2.02. The van der Waals surface area contributed by atoms with Crippen LogP contribution in [0.3, 0.4) is 0 Å². The second-order valence-electron chi connectivity index (χ2n) is 4.48. The molecule has 1 heterocycles. The van der Waals surface area contributed by atoms with E-state index in [1.165, 1.54) is 0 Å². The topological polar surface area (TPSA) is 46.2 Å². The van der Waals surface area contributed by atoms with Gasteiger partial charge in [0.25, 0.3) is 0 Å². The first kappa shape index (κ1) is 13.4. The molecule has 0 fully saturated rings. The van der Waals surface area contributed by atoms with Gasteiger partial charge in [-0.05, 0) is 36.1 Å². The van der Waals surface area contributed by atoms with Crippen molar-refractivity contribution in [3.8, 4) is 0 Å². The molecular weight excluding hydrogens is 267 g/mol. The van der Waals surface area contributed by atoms with E-state index in [0.717, 1.165) is 18.2 Å². The summed E-state index contributed by atoms with van der Waals surface area (Å²) in [5.74, 6) is -0.0375. The second-order valence-corrected chi connectivity index (χ2v) is 6.22. The Morgan fingerprint density at radius 2 is 2.00 bits per heavy atom. The zero-order valence-corrected chi connectivity index (χ0v) is 10.4. The molecule has 1 atom stereocenters. The average Bonchev–Trinajstić information content (AvgIpc) is 2.35.